The van der Waals surface area contributed by atoms with Crippen molar-refractivity contribution in [1.82, 2.24) is 0 Å². The van der Waals surface area contributed by atoms with Crippen molar-refractivity contribution in [3.8, 4) is 17.2 Å². The fourth-order valence-corrected chi connectivity index (χ4v) is 3.91. The predicted molar refractivity (Wildman–Crippen MR) is 85.3 cm³/mol. The first-order chi connectivity index (χ1) is 10.2. The van der Waals surface area contributed by atoms with E-state index in [1.807, 2.05) is 6.07 Å². The third-order valence-electron chi connectivity index (χ3n) is 4.39. The zero-order valence-electron chi connectivity index (χ0n) is 12.4. The highest BCUT2D eigenvalue weighted by molar-refractivity contribution is 9.10. The van der Waals surface area contributed by atoms with Gasteiger partial charge in [-0.1, -0.05) is 19.3 Å². The Morgan fingerprint density at radius 1 is 1.14 bits per heavy atom. The van der Waals surface area contributed by atoms with Gasteiger partial charge in [-0.05, 0) is 28.8 Å². The predicted octanol–water partition coefficient (Wildman–Crippen LogP) is 3.74. The molecule has 1 heterocycles. The number of hydrogen-bond donors (Lipinski definition) is 1. The van der Waals surface area contributed by atoms with Crippen molar-refractivity contribution in [2.45, 2.75) is 44.1 Å². The minimum absolute atomic E-state index is 0.398. The number of fused-ring (bicyclic) bond motifs is 1. The molecule has 0 unspecified atom stereocenters. The van der Waals surface area contributed by atoms with Gasteiger partial charge < -0.3 is 19.9 Å². The number of halogens is 1. The SMILES string of the molecule is COc1c(Br)cc2c(c1C1(N)CCCCC1)OCCCO2. The lowest BCUT2D eigenvalue weighted by atomic mass is 9.76. The Kier molecular flexibility index (Phi) is 4.31. The van der Waals surface area contributed by atoms with Gasteiger partial charge in [-0.2, -0.15) is 0 Å². The van der Waals surface area contributed by atoms with Gasteiger partial charge in [0.15, 0.2) is 11.5 Å². The standard InChI is InChI=1S/C16H22BrNO3/c1-19-14-11(17)10-12-15(21-9-5-8-20-12)13(14)16(18)6-3-2-4-7-16/h10H,2-9,18H2,1H3. The largest absolute Gasteiger partial charge is 0.495 e. The van der Waals surface area contributed by atoms with Crippen molar-refractivity contribution in [1.29, 1.82) is 0 Å². The summed E-state index contributed by atoms with van der Waals surface area (Å²) in [5, 5.41) is 0. The van der Waals surface area contributed by atoms with Gasteiger partial charge in [0.25, 0.3) is 0 Å². The van der Waals surface area contributed by atoms with Crippen molar-refractivity contribution in [3.05, 3.63) is 16.1 Å². The second-order valence-electron chi connectivity index (χ2n) is 5.86. The molecule has 0 radical (unpaired) electrons. The van der Waals surface area contributed by atoms with Crippen molar-refractivity contribution < 1.29 is 14.2 Å². The van der Waals surface area contributed by atoms with Crippen LogP contribution in [0.4, 0.5) is 0 Å². The summed E-state index contributed by atoms with van der Waals surface area (Å²) in [4.78, 5) is 0. The summed E-state index contributed by atoms with van der Waals surface area (Å²) >= 11 is 3.59. The van der Waals surface area contributed by atoms with Gasteiger partial charge in [-0.15, -0.1) is 0 Å². The number of hydrogen-bond acceptors (Lipinski definition) is 4. The lowest BCUT2D eigenvalue weighted by molar-refractivity contribution is 0.261. The van der Waals surface area contributed by atoms with E-state index < -0.39 is 5.54 Å². The number of nitrogens with two attached hydrogens (primary N) is 1. The highest BCUT2D eigenvalue weighted by atomic mass is 79.9. The first kappa shape index (κ1) is 15.0. The molecule has 1 fully saturated rings. The Morgan fingerprint density at radius 3 is 2.57 bits per heavy atom. The van der Waals surface area contributed by atoms with E-state index in [9.17, 15) is 0 Å². The Balaban J connectivity index is 2.17. The van der Waals surface area contributed by atoms with Crippen LogP contribution in [0.5, 0.6) is 17.2 Å². The van der Waals surface area contributed by atoms with Crippen molar-refractivity contribution >= 4 is 15.9 Å². The fourth-order valence-electron chi connectivity index (χ4n) is 3.34. The quantitative estimate of drug-likeness (QED) is 0.877. The van der Waals surface area contributed by atoms with E-state index in [2.05, 4.69) is 15.9 Å². The van der Waals surface area contributed by atoms with Crippen LogP contribution in [0.15, 0.2) is 10.5 Å². The molecule has 0 bridgehead atoms. The van der Waals surface area contributed by atoms with Crippen LogP contribution in [0.1, 0.15) is 44.1 Å². The van der Waals surface area contributed by atoms with Crippen LogP contribution in [0.3, 0.4) is 0 Å². The van der Waals surface area contributed by atoms with Gasteiger partial charge in [0.2, 0.25) is 0 Å². The summed E-state index contributed by atoms with van der Waals surface area (Å²) in [7, 11) is 1.68. The lowest BCUT2D eigenvalue weighted by Gasteiger charge is -2.36. The summed E-state index contributed by atoms with van der Waals surface area (Å²) in [5.74, 6) is 2.33. The highest BCUT2D eigenvalue weighted by Crippen LogP contribution is 2.51. The molecule has 2 N–H and O–H groups in total. The van der Waals surface area contributed by atoms with Gasteiger partial charge in [-0.3, -0.25) is 0 Å². The van der Waals surface area contributed by atoms with E-state index in [-0.39, 0.29) is 0 Å². The lowest BCUT2D eigenvalue weighted by Crippen LogP contribution is -2.39. The van der Waals surface area contributed by atoms with Crippen LogP contribution in [-0.2, 0) is 5.54 Å². The fraction of sp³-hybridized carbons (Fsp3) is 0.625. The summed E-state index contributed by atoms with van der Waals surface area (Å²) in [5.41, 5.74) is 7.34. The van der Waals surface area contributed by atoms with E-state index >= 15 is 0 Å². The maximum Gasteiger partial charge on any atom is 0.170 e. The minimum Gasteiger partial charge on any atom is -0.495 e. The molecule has 5 heteroatoms. The Hall–Kier alpha value is -0.940. The molecule has 0 atom stereocenters. The van der Waals surface area contributed by atoms with Crippen molar-refractivity contribution in [2.24, 2.45) is 5.73 Å². The monoisotopic (exact) mass is 355 g/mol. The minimum atomic E-state index is -0.398. The van der Waals surface area contributed by atoms with Crippen molar-refractivity contribution in [3.63, 3.8) is 0 Å². The van der Waals surface area contributed by atoms with E-state index in [1.165, 1.54) is 6.42 Å². The Morgan fingerprint density at radius 2 is 1.86 bits per heavy atom. The Labute approximate surface area is 134 Å². The molecule has 1 aliphatic heterocycles. The van der Waals surface area contributed by atoms with Crippen LogP contribution >= 0.6 is 15.9 Å². The number of rotatable bonds is 2. The van der Waals surface area contributed by atoms with E-state index in [0.717, 1.165) is 59.4 Å². The van der Waals surface area contributed by atoms with Crippen LogP contribution in [0.25, 0.3) is 0 Å². The molecule has 1 aliphatic carbocycles. The maximum atomic E-state index is 6.76. The van der Waals surface area contributed by atoms with Gasteiger partial charge in [-0.25, -0.2) is 0 Å². The zero-order valence-corrected chi connectivity index (χ0v) is 14.0. The van der Waals surface area contributed by atoms with Crippen molar-refractivity contribution in [2.75, 3.05) is 20.3 Å². The molecule has 1 aromatic carbocycles. The molecule has 0 spiro atoms. The zero-order chi connectivity index (χ0) is 14.9. The van der Waals surface area contributed by atoms with Gasteiger partial charge in [0, 0.05) is 18.0 Å². The molecular weight excluding hydrogens is 334 g/mol. The second kappa shape index (κ2) is 6.05. The van der Waals surface area contributed by atoms with Crippen LogP contribution in [0, 0.1) is 0 Å². The molecule has 4 nitrogen and oxygen atoms in total. The molecule has 1 saturated carbocycles. The highest BCUT2D eigenvalue weighted by Gasteiger charge is 2.38. The summed E-state index contributed by atoms with van der Waals surface area (Å²) in [6, 6.07) is 1.93. The van der Waals surface area contributed by atoms with E-state index in [1.54, 1.807) is 7.11 Å². The van der Waals surface area contributed by atoms with Gasteiger partial charge in [0.05, 0.1) is 30.4 Å². The molecule has 1 aromatic rings. The van der Waals surface area contributed by atoms with Crippen LogP contribution in [-0.4, -0.2) is 20.3 Å². The van der Waals surface area contributed by atoms with Gasteiger partial charge >= 0.3 is 0 Å². The third kappa shape index (κ3) is 2.73. The molecule has 3 rings (SSSR count). The third-order valence-corrected chi connectivity index (χ3v) is 4.98. The normalized spacial score (nSPS) is 20.7. The molecule has 0 aromatic heterocycles. The topological polar surface area (TPSA) is 53.7 Å². The first-order valence-corrected chi connectivity index (χ1v) is 8.40. The second-order valence-corrected chi connectivity index (χ2v) is 6.72. The summed E-state index contributed by atoms with van der Waals surface area (Å²) < 4.78 is 18.3. The first-order valence-electron chi connectivity index (χ1n) is 7.61. The molecule has 2 aliphatic rings. The Bertz CT molecular complexity index is 527. The molecule has 116 valence electrons. The average molecular weight is 356 g/mol. The molecular formula is C16H22BrNO3. The van der Waals surface area contributed by atoms with Crippen LogP contribution in [0.2, 0.25) is 0 Å². The van der Waals surface area contributed by atoms with E-state index in [4.69, 9.17) is 19.9 Å². The number of methoxy groups -OCH3 is 1. The van der Waals surface area contributed by atoms with Crippen LogP contribution < -0.4 is 19.9 Å². The molecule has 0 amide bonds. The molecule has 0 saturated heterocycles. The average Bonchev–Trinajstić information content (AvgIpc) is 2.71. The maximum absolute atomic E-state index is 6.76. The summed E-state index contributed by atoms with van der Waals surface area (Å²) in [6.45, 7) is 1.32. The summed E-state index contributed by atoms with van der Waals surface area (Å²) in [6.07, 6.45) is 6.31. The van der Waals surface area contributed by atoms with E-state index in [0.29, 0.717) is 13.2 Å². The van der Waals surface area contributed by atoms with Gasteiger partial charge in [0.1, 0.15) is 5.75 Å². The molecule has 21 heavy (non-hydrogen) atoms. The number of benzene rings is 1. The smallest absolute Gasteiger partial charge is 0.170 e. The number of ether oxygens (including phenoxy) is 3.